The van der Waals surface area contributed by atoms with Gasteiger partial charge >= 0.3 is 49.0 Å². The molecule has 0 saturated carbocycles. The second-order valence-corrected chi connectivity index (χ2v) is 0. The van der Waals surface area contributed by atoms with Gasteiger partial charge in [-0.2, -0.15) is 0 Å². The summed E-state index contributed by atoms with van der Waals surface area (Å²) in [6.45, 7) is 0. The maximum absolute atomic E-state index is 0. The second-order valence-electron chi connectivity index (χ2n) is 0. The van der Waals surface area contributed by atoms with Gasteiger partial charge < -0.3 is 11.0 Å². The van der Waals surface area contributed by atoms with Gasteiger partial charge in [0, 0.05) is 0 Å². The molecule has 0 atom stereocenters. The van der Waals surface area contributed by atoms with Crippen LogP contribution in [0.2, 0.25) is 0 Å². The third-order valence-corrected chi connectivity index (χ3v) is 0. The van der Waals surface area contributed by atoms with Gasteiger partial charge in [0.1, 0.15) is 0 Å². The summed E-state index contributed by atoms with van der Waals surface area (Å²) in [5.41, 5.74) is 0. The molecule has 2 nitrogen and oxygen atoms in total. The average molecular weight is 122 g/mol. The van der Waals surface area contributed by atoms with Crippen molar-refractivity contribution in [1.82, 2.24) is 0 Å². The summed E-state index contributed by atoms with van der Waals surface area (Å²) in [6.07, 6.45) is 0. The van der Waals surface area contributed by atoms with Crippen molar-refractivity contribution < 1.29 is 60.0 Å². The van der Waals surface area contributed by atoms with Crippen LogP contribution in [0.3, 0.4) is 0 Å². The Morgan fingerprint density at radius 2 is 0.750 bits per heavy atom. The van der Waals surface area contributed by atoms with E-state index in [9.17, 15) is 0 Å². The van der Waals surface area contributed by atoms with Crippen molar-refractivity contribution in [3.63, 3.8) is 0 Å². The predicted molar refractivity (Wildman–Crippen MR) is 3.87 cm³/mol. The summed E-state index contributed by atoms with van der Waals surface area (Å²) in [4.78, 5) is 0. The summed E-state index contributed by atoms with van der Waals surface area (Å²) < 4.78 is 0. The van der Waals surface area contributed by atoms with E-state index in [4.69, 9.17) is 0 Å². The van der Waals surface area contributed by atoms with Gasteiger partial charge in [-0.05, 0) is 0 Å². The van der Waals surface area contributed by atoms with Crippen LogP contribution < -0.4 is 29.6 Å². The van der Waals surface area contributed by atoms with E-state index in [1.54, 1.807) is 0 Å². The standard InChI is InChI=1S/Na.2H2O.Zn/h;2*1H2;/q+1;;;+2/p-2. The molecule has 0 heterocycles. The third-order valence-electron chi connectivity index (χ3n) is 0. The molecule has 0 aliphatic rings. The van der Waals surface area contributed by atoms with Crippen molar-refractivity contribution >= 4 is 0 Å². The van der Waals surface area contributed by atoms with E-state index < -0.39 is 0 Å². The fourth-order valence-electron chi connectivity index (χ4n) is 0. The molecule has 0 saturated heterocycles. The first-order valence-corrected chi connectivity index (χ1v) is 0. The van der Waals surface area contributed by atoms with E-state index in [0.717, 1.165) is 0 Å². The van der Waals surface area contributed by atoms with Crippen LogP contribution in [0.1, 0.15) is 0 Å². The normalized spacial score (nSPS) is 0. The summed E-state index contributed by atoms with van der Waals surface area (Å²) in [5, 5.41) is 0. The topological polar surface area (TPSA) is 60.0 Å². The van der Waals surface area contributed by atoms with Gasteiger partial charge in [-0.3, -0.25) is 0 Å². The van der Waals surface area contributed by atoms with Crippen LogP contribution >= 0.6 is 0 Å². The second kappa shape index (κ2) is 23.9. The molecule has 0 spiro atoms. The smallest absolute Gasteiger partial charge is 0.870 e. The molecule has 16 valence electrons. The summed E-state index contributed by atoms with van der Waals surface area (Å²) in [5.74, 6) is 0. The van der Waals surface area contributed by atoms with Crippen molar-refractivity contribution in [2.45, 2.75) is 0 Å². The van der Waals surface area contributed by atoms with Crippen molar-refractivity contribution in [2.75, 3.05) is 0 Å². The number of rotatable bonds is 0. The Kier molecular flexibility index (Phi) is 288. The molecule has 0 unspecified atom stereocenters. The quantitative estimate of drug-likeness (QED) is 0.315. The van der Waals surface area contributed by atoms with Crippen LogP contribution in [-0.2, 0) is 19.5 Å². The van der Waals surface area contributed by atoms with E-state index in [0.29, 0.717) is 0 Å². The fraction of sp³-hybridized carbons (Fsp3) is 0. The molecule has 0 aromatic carbocycles. The first kappa shape index (κ1) is 48.0. The van der Waals surface area contributed by atoms with Crippen molar-refractivity contribution in [3.05, 3.63) is 0 Å². The van der Waals surface area contributed by atoms with Gasteiger partial charge in [0.05, 0.1) is 0 Å². The van der Waals surface area contributed by atoms with Crippen molar-refractivity contribution in [1.29, 1.82) is 0 Å². The Labute approximate surface area is 59.6 Å². The molecule has 0 aromatic rings. The van der Waals surface area contributed by atoms with Gasteiger partial charge in [-0.15, -0.1) is 0 Å². The van der Waals surface area contributed by atoms with Gasteiger partial charge in [0.25, 0.3) is 0 Å². The van der Waals surface area contributed by atoms with E-state index in [1.807, 2.05) is 0 Å². The van der Waals surface area contributed by atoms with E-state index >= 15 is 0 Å². The van der Waals surface area contributed by atoms with Crippen LogP contribution in [-0.4, -0.2) is 11.0 Å². The molecule has 4 heavy (non-hydrogen) atoms. The van der Waals surface area contributed by atoms with Crippen molar-refractivity contribution in [3.8, 4) is 0 Å². The molecular weight excluding hydrogens is 120 g/mol. The first-order valence-electron chi connectivity index (χ1n) is 0. The molecule has 0 fully saturated rings. The van der Waals surface area contributed by atoms with Gasteiger partial charge in [0.2, 0.25) is 0 Å². The SMILES string of the molecule is [Na+].[OH-].[OH-].[Zn+2]. The largest absolute Gasteiger partial charge is 2.00 e. The van der Waals surface area contributed by atoms with Crippen LogP contribution in [0.15, 0.2) is 0 Å². The zero-order valence-corrected chi connectivity index (χ0v) is 7.57. The molecule has 0 aliphatic heterocycles. The Hall–Kier alpha value is 1.54. The molecule has 2 N–H and O–H groups in total. The zero-order valence-electron chi connectivity index (χ0n) is 2.60. The number of hydrogen-bond donors (Lipinski definition) is 0. The Balaban J connectivity index is 0. The zero-order chi connectivity index (χ0) is 0. The minimum atomic E-state index is 0. The van der Waals surface area contributed by atoms with E-state index in [1.165, 1.54) is 0 Å². The maximum atomic E-state index is 0. The Morgan fingerprint density at radius 1 is 0.750 bits per heavy atom. The maximum Gasteiger partial charge on any atom is 2.00 e. The molecule has 0 aromatic heterocycles. The van der Waals surface area contributed by atoms with Gasteiger partial charge in [0.15, 0.2) is 0 Å². The van der Waals surface area contributed by atoms with Crippen LogP contribution in [0.5, 0.6) is 0 Å². The van der Waals surface area contributed by atoms with Gasteiger partial charge in [-0.1, -0.05) is 0 Å². The van der Waals surface area contributed by atoms with Crippen LogP contribution in [0.25, 0.3) is 0 Å². The third kappa shape index (κ3) is 9.62. The molecule has 0 amide bonds. The molecule has 0 rings (SSSR count). The number of hydrogen-bond acceptors (Lipinski definition) is 2. The molecule has 0 bridgehead atoms. The van der Waals surface area contributed by atoms with Crippen LogP contribution in [0, 0.1) is 0 Å². The minimum Gasteiger partial charge on any atom is -0.870 e. The molecule has 0 radical (unpaired) electrons. The van der Waals surface area contributed by atoms with Gasteiger partial charge in [-0.25, -0.2) is 0 Å². The van der Waals surface area contributed by atoms with Crippen LogP contribution in [0.4, 0.5) is 0 Å². The van der Waals surface area contributed by atoms with Crippen molar-refractivity contribution in [2.24, 2.45) is 0 Å². The summed E-state index contributed by atoms with van der Waals surface area (Å²) in [6, 6.07) is 0. The minimum absolute atomic E-state index is 0. The average Bonchev–Trinajstić information content (AvgIpc) is 0. The Morgan fingerprint density at radius 3 is 0.750 bits per heavy atom. The summed E-state index contributed by atoms with van der Waals surface area (Å²) >= 11 is 0. The first-order chi connectivity index (χ1) is 0. The predicted octanol–water partition coefficient (Wildman–Crippen LogP) is -3.35. The molecule has 0 aliphatic carbocycles. The van der Waals surface area contributed by atoms with E-state index in [2.05, 4.69) is 0 Å². The molecular formula is H2NaO2Zn+. The summed E-state index contributed by atoms with van der Waals surface area (Å²) in [7, 11) is 0. The fourth-order valence-corrected chi connectivity index (χ4v) is 0. The molecule has 4 heteroatoms. The monoisotopic (exact) mass is 121 g/mol. The Bertz CT molecular complexity index is 6.00. The van der Waals surface area contributed by atoms with E-state index in [-0.39, 0.29) is 60.0 Å².